The van der Waals surface area contributed by atoms with Gasteiger partial charge in [0.1, 0.15) is 5.82 Å². The summed E-state index contributed by atoms with van der Waals surface area (Å²) in [5, 5.41) is 8.12. The van der Waals surface area contributed by atoms with E-state index in [1.165, 1.54) is 6.07 Å². The molecule has 0 aliphatic carbocycles. The van der Waals surface area contributed by atoms with Gasteiger partial charge in [-0.1, -0.05) is 0 Å². The molecule has 2 aromatic rings. The van der Waals surface area contributed by atoms with Crippen LogP contribution in [0.5, 0.6) is 0 Å². The van der Waals surface area contributed by atoms with Gasteiger partial charge in [0.15, 0.2) is 11.6 Å². The SMILES string of the molecule is Cc1cc(N2CCOCC2)nc(NCCNC(=O)Nc2ccc(F)c(F)c2)n1. The van der Waals surface area contributed by atoms with Gasteiger partial charge in [0.2, 0.25) is 5.95 Å². The number of rotatable bonds is 6. The van der Waals surface area contributed by atoms with E-state index in [1.807, 2.05) is 13.0 Å². The molecule has 1 aromatic carbocycles. The summed E-state index contributed by atoms with van der Waals surface area (Å²) < 4.78 is 31.4. The van der Waals surface area contributed by atoms with Crippen LogP contribution in [0.15, 0.2) is 24.3 Å². The third-order valence-electron chi connectivity index (χ3n) is 4.05. The van der Waals surface area contributed by atoms with Crippen LogP contribution in [0.3, 0.4) is 0 Å². The van der Waals surface area contributed by atoms with Crippen molar-refractivity contribution in [3.05, 3.63) is 41.6 Å². The number of morpholine rings is 1. The van der Waals surface area contributed by atoms with Crippen molar-refractivity contribution in [3.8, 4) is 0 Å². The van der Waals surface area contributed by atoms with E-state index in [0.717, 1.165) is 36.7 Å². The number of carbonyl (C=O) groups excluding carboxylic acids is 1. The first kappa shape index (κ1) is 19.7. The lowest BCUT2D eigenvalue weighted by atomic mass is 10.3. The first-order valence-corrected chi connectivity index (χ1v) is 8.93. The molecule has 0 radical (unpaired) electrons. The molecule has 2 heterocycles. The van der Waals surface area contributed by atoms with Crippen molar-refractivity contribution >= 4 is 23.5 Å². The molecule has 1 fully saturated rings. The Balaban J connectivity index is 1.46. The van der Waals surface area contributed by atoms with E-state index in [0.29, 0.717) is 32.3 Å². The molecule has 0 unspecified atom stereocenters. The van der Waals surface area contributed by atoms with Crippen LogP contribution in [0, 0.1) is 18.6 Å². The molecule has 3 rings (SSSR count). The predicted molar refractivity (Wildman–Crippen MR) is 102 cm³/mol. The van der Waals surface area contributed by atoms with Crippen LogP contribution in [0.4, 0.5) is 31.0 Å². The van der Waals surface area contributed by atoms with Crippen molar-refractivity contribution in [1.29, 1.82) is 0 Å². The molecule has 28 heavy (non-hydrogen) atoms. The monoisotopic (exact) mass is 392 g/mol. The summed E-state index contributed by atoms with van der Waals surface area (Å²) in [5.74, 6) is -0.677. The molecular formula is C18H22F2N6O2. The Labute approximate surface area is 161 Å². The van der Waals surface area contributed by atoms with Crippen LogP contribution in [-0.2, 0) is 4.74 Å². The topological polar surface area (TPSA) is 91.4 Å². The van der Waals surface area contributed by atoms with Gasteiger partial charge in [-0.25, -0.2) is 18.6 Å². The number of ether oxygens (including phenoxy) is 1. The molecule has 1 aromatic heterocycles. The van der Waals surface area contributed by atoms with E-state index in [1.54, 1.807) is 0 Å². The molecule has 10 heteroatoms. The number of nitrogens with zero attached hydrogens (tertiary/aromatic N) is 3. The molecule has 2 amide bonds. The number of carbonyl (C=O) groups is 1. The maximum atomic E-state index is 13.1. The fourth-order valence-corrected chi connectivity index (χ4v) is 2.68. The highest BCUT2D eigenvalue weighted by Crippen LogP contribution is 2.16. The number of hydrogen-bond donors (Lipinski definition) is 3. The first-order valence-electron chi connectivity index (χ1n) is 8.93. The van der Waals surface area contributed by atoms with Crippen LogP contribution in [-0.4, -0.2) is 55.4 Å². The quantitative estimate of drug-likeness (QED) is 0.653. The van der Waals surface area contributed by atoms with Crippen LogP contribution in [0.1, 0.15) is 5.69 Å². The minimum atomic E-state index is -1.02. The number of aryl methyl sites for hydroxylation is 1. The van der Waals surface area contributed by atoms with Crippen LogP contribution < -0.4 is 20.9 Å². The third kappa shape index (κ3) is 5.49. The zero-order valence-corrected chi connectivity index (χ0v) is 15.5. The van der Waals surface area contributed by atoms with Gasteiger partial charge in [-0.3, -0.25) is 0 Å². The molecule has 1 aliphatic heterocycles. The van der Waals surface area contributed by atoms with Crippen LogP contribution in [0.2, 0.25) is 0 Å². The molecule has 150 valence electrons. The molecule has 1 saturated heterocycles. The maximum Gasteiger partial charge on any atom is 0.319 e. The predicted octanol–water partition coefficient (Wildman–Crippen LogP) is 2.13. The Bertz CT molecular complexity index is 830. The lowest BCUT2D eigenvalue weighted by molar-refractivity contribution is 0.122. The number of urea groups is 1. The summed E-state index contributed by atoms with van der Waals surface area (Å²) in [6, 6.07) is 4.55. The molecule has 0 bridgehead atoms. The van der Waals surface area contributed by atoms with Crippen molar-refractivity contribution in [2.24, 2.45) is 0 Å². The van der Waals surface area contributed by atoms with E-state index in [4.69, 9.17) is 4.74 Å². The third-order valence-corrected chi connectivity index (χ3v) is 4.05. The number of hydrogen-bond acceptors (Lipinski definition) is 6. The molecule has 3 N–H and O–H groups in total. The van der Waals surface area contributed by atoms with Gasteiger partial charge >= 0.3 is 6.03 Å². The number of halogens is 2. The molecule has 8 nitrogen and oxygen atoms in total. The molecular weight excluding hydrogens is 370 g/mol. The number of anilines is 3. The van der Waals surface area contributed by atoms with Crippen molar-refractivity contribution < 1.29 is 18.3 Å². The highest BCUT2D eigenvalue weighted by Gasteiger charge is 2.14. The minimum Gasteiger partial charge on any atom is -0.378 e. The highest BCUT2D eigenvalue weighted by atomic mass is 19.2. The second kappa shape index (κ2) is 9.27. The van der Waals surface area contributed by atoms with Crippen molar-refractivity contribution in [1.82, 2.24) is 15.3 Å². The summed E-state index contributed by atoms with van der Waals surface area (Å²) in [7, 11) is 0. The number of nitrogens with one attached hydrogen (secondary N) is 3. The second-order valence-electron chi connectivity index (χ2n) is 6.23. The zero-order valence-electron chi connectivity index (χ0n) is 15.5. The van der Waals surface area contributed by atoms with Gasteiger partial charge in [0.05, 0.1) is 13.2 Å². The molecule has 0 spiro atoms. The maximum absolute atomic E-state index is 13.1. The zero-order chi connectivity index (χ0) is 19.9. The van der Waals surface area contributed by atoms with E-state index in [-0.39, 0.29) is 5.69 Å². The van der Waals surface area contributed by atoms with Gasteiger partial charge in [0, 0.05) is 49.7 Å². The second-order valence-corrected chi connectivity index (χ2v) is 6.23. The Morgan fingerprint density at radius 1 is 1.14 bits per heavy atom. The standard InChI is InChI=1S/C18H22F2N6O2/c1-12-10-16(26-6-8-28-9-7-26)25-17(23-12)21-4-5-22-18(27)24-13-2-3-14(19)15(20)11-13/h2-3,10-11H,4-9H2,1H3,(H,21,23,25)(H2,22,24,27). The normalized spacial score (nSPS) is 13.9. The fraction of sp³-hybridized carbons (Fsp3) is 0.389. The van der Waals surface area contributed by atoms with Gasteiger partial charge in [-0.15, -0.1) is 0 Å². The van der Waals surface area contributed by atoms with Gasteiger partial charge < -0.3 is 25.6 Å². The average molecular weight is 392 g/mol. The van der Waals surface area contributed by atoms with Crippen LogP contribution in [0.25, 0.3) is 0 Å². The minimum absolute atomic E-state index is 0.168. The first-order chi connectivity index (χ1) is 13.5. The largest absolute Gasteiger partial charge is 0.378 e. The Morgan fingerprint density at radius 2 is 1.93 bits per heavy atom. The molecule has 0 atom stereocenters. The molecule has 0 saturated carbocycles. The summed E-state index contributed by atoms with van der Waals surface area (Å²) in [5.41, 5.74) is 1.00. The van der Waals surface area contributed by atoms with E-state index in [9.17, 15) is 13.6 Å². The van der Waals surface area contributed by atoms with Gasteiger partial charge in [0.25, 0.3) is 0 Å². The average Bonchev–Trinajstić information content (AvgIpc) is 2.68. The van der Waals surface area contributed by atoms with Crippen molar-refractivity contribution in [2.45, 2.75) is 6.92 Å². The smallest absolute Gasteiger partial charge is 0.319 e. The van der Waals surface area contributed by atoms with E-state index in [2.05, 4.69) is 30.8 Å². The van der Waals surface area contributed by atoms with E-state index < -0.39 is 17.7 Å². The summed E-state index contributed by atoms with van der Waals surface area (Å²) in [6.45, 7) is 5.48. The lowest BCUT2D eigenvalue weighted by Crippen LogP contribution is -2.37. The fourth-order valence-electron chi connectivity index (χ4n) is 2.68. The van der Waals surface area contributed by atoms with Crippen LogP contribution >= 0.6 is 0 Å². The Hall–Kier alpha value is -3.01. The Kier molecular flexibility index (Phi) is 6.53. The van der Waals surface area contributed by atoms with E-state index >= 15 is 0 Å². The number of benzene rings is 1. The number of aromatic nitrogens is 2. The van der Waals surface area contributed by atoms with Gasteiger partial charge in [-0.05, 0) is 19.1 Å². The highest BCUT2D eigenvalue weighted by molar-refractivity contribution is 5.89. The van der Waals surface area contributed by atoms with Gasteiger partial charge in [-0.2, -0.15) is 4.98 Å². The Morgan fingerprint density at radius 3 is 2.68 bits per heavy atom. The number of amides is 2. The summed E-state index contributed by atoms with van der Waals surface area (Å²) >= 11 is 0. The van der Waals surface area contributed by atoms with Crippen molar-refractivity contribution in [3.63, 3.8) is 0 Å². The van der Waals surface area contributed by atoms with Crippen molar-refractivity contribution in [2.75, 3.05) is 54.9 Å². The molecule has 1 aliphatic rings. The summed E-state index contributed by atoms with van der Waals surface area (Å²) in [6.07, 6.45) is 0. The lowest BCUT2D eigenvalue weighted by Gasteiger charge is -2.28. The summed E-state index contributed by atoms with van der Waals surface area (Å²) in [4.78, 5) is 22.8.